The van der Waals surface area contributed by atoms with E-state index in [9.17, 15) is 9.59 Å². The molecule has 1 atom stereocenters. The highest BCUT2D eigenvalue weighted by Crippen LogP contribution is 2.15. The maximum atomic E-state index is 12.6. The molecular formula is C19H21NO3. The molecule has 120 valence electrons. The molecule has 2 rings (SSSR count). The summed E-state index contributed by atoms with van der Waals surface area (Å²) in [5.74, 6) is -1.62. The van der Waals surface area contributed by atoms with Crippen molar-refractivity contribution in [2.45, 2.75) is 13.0 Å². The second kappa shape index (κ2) is 8.25. The molecule has 1 N–H and O–H groups in total. The average molecular weight is 311 g/mol. The molecule has 0 fully saturated rings. The quantitative estimate of drug-likeness (QED) is 0.761. The van der Waals surface area contributed by atoms with Crippen LogP contribution in [0.1, 0.15) is 22.3 Å². The number of carboxylic acid groups (broad SMARTS) is 1. The molecule has 2 aromatic carbocycles. The van der Waals surface area contributed by atoms with Crippen LogP contribution in [0.5, 0.6) is 0 Å². The summed E-state index contributed by atoms with van der Waals surface area (Å²) in [7, 11) is 1.90. The second-order valence-corrected chi connectivity index (χ2v) is 5.71. The van der Waals surface area contributed by atoms with Crippen molar-refractivity contribution in [1.29, 1.82) is 0 Å². The number of carbonyl (C=O) groups is 2. The molecule has 0 radical (unpaired) electrons. The van der Waals surface area contributed by atoms with Gasteiger partial charge in [0.1, 0.15) is 0 Å². The van der Waals surface area contributed by atoms with E-state index >= 15 is 0 Å². The van der Waals surface area contributed by atoms with E-state index in [1.54, 1.807) is 24.3 Å². The maximum Gasteiger partial charge on any atom is 0.304 e. The standard InChI is InChI=1S/C19H21NO3/c1-20(13-15-8-4-2-5-9-15)14-17(12-18(21)22)19(23)16-10-6-3-7-11-16/h2-11,17H,12-14H2,1H3,(H,21,22). The van der Waals surface area contributed by atoms with Crippen molar-refractivity contribution >= 4 is 11.8 Å². The maximum absolute atomic E-state index is 12.6. The molecule has 4 heteroatoms. The molecule has 1 unspecified atom stereocenters. The minimum atomic E-state index is -0.951. The van der Waals surface area contributed by atoms with E-state index in [1.165, 1.54) is 0 Å². The lowest BCUT2D eigenvalue weighted by Crippen LogP contribution is -2.32. The first-order chi connectivity index (χ1) is 11.1. The third kappa shape index (κ3) is 5.34. The van der Waals surface area contributed by atoms with Gasteiger partial charge in [-0.15, -0.1) is 0 Å². The van der Waals surface area contributed by atoms with Crippen LogP contribution < -0.4 is 0 Å². The van der Waals surface area contributed by atoms with Gasteiger partial charge in [-0.3, -0.25) is 9.59 Å². The van der Waals surface area contributed by atoms with Crippen LogP contribution in [0.3, 0.4) is 0 Å². The molecule has 0 amide bonds. The van der Waals surface area contributed by atoms with E-state index in [4.69, 9.17) is 5.11 Å². The van der Waals surface area contributed by atoms with Crippen LogP contribution in [0.25, 0.3) is 0 Å². The normalized spacial score (nSPS) is 12.1. The number of aliphatic carboxylic acids is 1. The molecule has 2 aromatic rings. The predicted octanol–water partition coefficient (Wildman–Crippen LogP) is 3.09. The van der Waals surface area contributed by atoms with Gasteiger partial charge < -0.3 is 10.0 Å². The highest BCUT2D eigenvalue weighted by Gasteiger charge is 2.24. The van der Waals surface area contributed by atoms with Crippen LogP contribution in [0.15, 0.2) is 60.7 Å². The van der Waals surface area contributed by atoms with E-state index in [-0.39, 0.29) is 12.2 Å². The first-order valence-electron chi connectivity index (χ1n) is 7.60. The van der Waals surface area contributed by atoms with Gasteiger partial charge in [0.15, 0.2) is 5.78 Å². The van der Waals surface area contributed by atoms with Crippen LogP contribution in [-0.4, -0.2) is 35.4 Å². The van der Waals surface area contributed by atoms with Crippen molar-refractivity contribution in [3.05, 3.63) is 71.8 Å². The number of carboxylic acids is 1. The predicted molar refractivity (Wildman–Crippen MR) is 89.3 cm³/mol. The molecular weight excluding hydrogens is 290 g/mol. The van der Waals surface area contributed by atoms with Crippen molar-refractivity contribution in [2.75, 3.05) is 13.6 Å². The van der Waals surface area contributed by atoms with Gasteiger partial charge in [0, 0.05) is 24.6 Å². The Morgan fingerprint density at radius 3 is 2.13 bits per heavy atom. The number of Topliss-reactive ketones (excluding diaryl/α,β-unsaturated/α-hetero) is 1. The Balaban J connectivity index is 2.06. The third-order valence-corrected chi connectivity index (χ3v) is 3.68. The van der Waals surface area contributed by atoms with Gasteiger partial charge in [-0.1, -0.05) is 60.7 Å². The second-order valence-electron chi connectivity index (χ2n) is 5.71. The summed E-state index contributed by atoms with van der Waals surface area (Å²) in [6.07, 6.45) is -0.160. The fourth-order valence-corrected chi connectivity index (χ4v) is 2.62. The number of benzene rings is 2. The molecule has 0 saturated carbocycles. The van der Waals surface area contributed by atoms with Gasteiger partial charge in [-0.25, -0.2) is 0 Å². The van der Waals surface area contributed by atoms with Gasteiger partial charge in [0.25, 0.3) is 0 Å². The summed E-state index contributed by atoms with van der Waals surface area (Å²) in [5.41, 5.74) is 1.70. The van der Waals surface area contributed by atoms with E-state index in [2.05, 4.69) is 0 Å². The Labute approximate surface area is 136 Å². The molecule has 0 saturated heterocycles. The first kappa shape index (κ1) is 16.9. The SMILES string of the molecule is CN(Cc1ccccc1)CC(CC(=O)O)C(=O)c1ccccc1. The van der Waals surface area contributed by atoms with Crippen LogP contribution in [0.4, 0.5) is 0 Å². The number of hydrogen-bond donors (Lipinski definition) is 1. The number of ketones is 1. The molecule has 0 aliphatic heterocycles. The smallest absolute Gasteiger partial charge is 0.304 e. The van der Waals surface area contributed by atoms with Crippen LogP contribution in [-0.2, 0) is 11.3 Å². The largest absolute Gasteiger partial charge is 0.481 e. The third-order valence-electron chi connectivity index (χ3n) is 3.68. The number of rotatable bonds is 8. The first-order valence-corrected chi connectivity index (χ1v) is 7.60. The van der Waals surface area contributed by atoms with Crippen molar-refractivity contribution in [3.63, 3.8) is 0 Å². The van der Waals surface area contributed by atoms with Crippen molar-refractivity contribution < 1.29 is 14.7 Å². The Kier molecular flexibility index (Phi) is 6.06. The van der Waals surface area contributed by atoms with E-state index in [0.29, 0.717) is 18.7 Å². The molecule has 4 nitrogen and oxygen atoms in total. The minimum absolute atomic E-state index is 0.118. The number of carbonyl (C=O) groups excluding carboxylic acids is 1. The molecule has 23 heavy (non-hydrogen) atoms. The molecule has 0 aromatic heterocycles. The Bertz CT molecular complexity index is 640. The summed E-state index contributed by atoms with van der Waals surface area (Å²) < 4.78 is 0. The van der Waals surface area contributed by atoms with E-state index < -0.39 is 11.9 Å². The summed E-state index contributed by atoms with van der Waals surface area (Å²) in [6, 6.07) is 18.8. The lowest BCUT2D eigenvalue weighted by atomic mass is 9.94. The zero-order valence-corrected chi connectivity index (χ0v) is 13.2. The van der Waals surface area contributed by atoms with Gasteiger partial charge in [0.05, 0.1) is 6.42 Å². The molecule has 0 aliphatic rings. The van der Waals surface area contributed by atoms with Crippen molar-refractivity contribution in [2.24, 2.45) is 5.92 Å². The zero-order chi connectivity index (χ0) is 16.7. The van der Waals surface area contributed by atoms with Crippen LogP contribution in [0, 0.1) is 5.92 Å². The Morgan fingerprint density at radius 1 is 1.00 bits per heavy atom. The van der Waals surface area contributed by atoms with E-state index in [0.717, 1.165) is 5.56 Å². The Hall–Kier alpha value is -2.46. The van der Waals surface area contributed by atoms with Crippen LogP contribution in [0.2, 0.25) is 0 Å². The number of hydrogen-bond acceptors (Lipinski definition) is 3. The molecule has 0 spiro atoms. The highest BCUT2D eigenvalue weighted by atomic mass is 16.4. The topological polar surface area (TPSA) is 57.6 Å². The average Bonchev–Trinajstić information content (AvgIpc) is 2.55. The molecule has 0 aliphatic carbocycles. The monoisotopic (exact) mass is 311 g/mol. The van der Waals surface area contributed by atoms with Crippen molar-refractivity contribution in [1.82, 2.24) is 4.90 Å². The van der Waals surface area contributed by atoms with Crippen LogP contribution >= 0.6 is 0 Å². The van der Waals surface area contributed by atoms with Gasteiger partial charge >= 0.3 is 5.97 Å². The summed E-state index contributed by atoms with van der Waals surface area (Å²) in [4.78, 5) is 25.7. The fourth-order valence-electron chi connectivity index (χ4n) is 2.62. The minimum Gasteiger partial charge on any atom is -0.481 e. The summed E-state index contributed by atoms with van der Waals surface area (Å²) in [5, 5.41) is 9.11. The number of nitrogens with zero attached hydrogens (tertiary/aromatic N) is 1. The van der Waals surface area contributed by atoms with Gasteiger partial charge in [0.2, 0.25) is 0 Å². The lowest BCUT2D eigenvalue weighted by Gasteiger charge is -2.22. The summed E-state index contributed by atoms with van der Waals surface area (Å²) in [6.45, 7) is 1.09. The van der Waals surface area contributed by atoms with Gasteiger partial charge in [-0.05, 0) is 12.6 Å². The fraction of sp³-hybridized carbons (Fsp3) is 0.263. The van der Waals surface area contributed by atoms with Crippen molar-refractivity contribution in [3.8, 4) is 0 Å². The lowest BCUT2D eigenvalue weighted by molar-refractivity contribution is -0.137. The molecule has 0 bridgehead atoms. The highest BCUT2D eigenvalue weighted by molar-refractivity contribution is 5.99. The van der Waals surface area contributed by atoms with Gasteiger partial charge in [-0.2, -0.15) is 0 Å². The zero-order valence-electron chi connectivity index (χ0n) is 13.2. The van der Waals surface area contributed by atoms with E-state index in [1.807, 2.05) is 48.3 Å². The Morgan fingerprint density at radius 2 is 1.57 bits per heavy atom. The molecule has 0 heterocycles. The summed E-state index contributed by atoms with van der Waals surface area (Å²) >= 11 is 0.